The molecule has 26 heavy (non-hydrogen) atoms. The molecule has 136 valence electrons. The number of hydrogen-bond acceptors (Lipinski definition) is 4. The van der Waals surface area contributed by atoms with E-state index >= 15 is 0 Å². The lowest BCUT2D eigenvalue weighted by molar-refractivity contribution is 0.381. The number of nitrogens with zero attached hydrogens (tertiary/aromatic N) is 2. The number of hydrogen-bond donors (Lipinski definition) is 0. The van der Waals surface area contributed by atoms with E-state index in [0.717, 1.165) is 11.1 Å². The van der Waals surface area contributed by atoms with Gasteiger partial charge in [-0.2, -0.15) is 4.31 Å². The van der Waals surface area contributed by atoms with Crippen molar-refractivity contribution < 1.29 is 12.9 Å². The van der Waals surface area contributed by atoms with E-state index in [1.165, 1.54) is 16.4 Å². The van der Waals surface area contributed by atoms with Crippen LogP contribution in [0, 0.1) is 13.8 Å². The van der Waals surface area contributed by atoms with Crippen LogP contribution in [0.25, 0.3) is 0 Å². The predicted octanol–water partition coefficient (Wildman–Crippen LogP) is 4.34. The average molecular weight is 391 g/mol. The van der Waals surface area contributed by atoms with Crippen LogP contribution in [0.3, 0.4) is 0 Å². The molecule has 0 unspecified atom stereocenters. The van der Waals surface area contributed by atoms with Crippen molar-refractivity contribution in [3.05, 3.63) is 82.2 Å². The number of sulfonamides is 1. The van der Waals surface area contributed by atoms with Crippen molar-refractivity contribution >= 4 is 21.6 Å². The molecule has 0 aliphatic rings. The van der Waals surface area contributed by atoms with Crippen molar-refractivity contribution in [2.24, 2.45) is 0 Å². The quantitative estimate of drug-likeness (QED) is 0.628. The first-order chi connectivity index (χ1) is 12.4. The fraction of sp³-hybridized carbons (Fsp3) is 0.211. The first kappa shape index (κ1) is 18.6. The molecule has 2 aromatic carbocycles. The molecule has 1 heterocycles. The van der Waals surface area contributed by atoms with E-state index < -0.39 is 10.0 Å². The number of benzene rings is 2. The molecular formula is C19H19ClN2O3S. The molecule has 0 saturated carbocycles. The molecule has 0 aliphatic carbocycles. The molecule has 7 heteroatoms. The number of rotatable bonds is 6. The van der Waals surface area contributed by atoms with Crippen molar-refractivity contribution in [1.29, 1.82) is 0 Å². The topological polar surface area (TPSA) is 63.4 Å². The van der Waals surface area contributed by atoms with Gasteiger partial charge in [0.05, 0.1) is 10.6 Å². The summed E-state index contributed by atoms with van der Waals surface area (Å²) in [6.07, 6.45) is 0. The van der Waals surface area contributed by atoms with E-state index in [9.17, 15) is 8.42 Å². The van der Waals surface area contributed by atoms with Gasteiger partial charge in [-0.15, -0.1) is 0 Å². The predicted molar refractivity (Wildman–Crippen MR) is 100 cm³/mol. The zero-order chi connectivity index (χ0) is 18.7. The lowest BCUT2D eigenvalue weighted by Gasteiger charge is -2.22. The summed E-state index contributed by atoms with van der Waals surface area (Å²) >= 11 is 5.90. The van der Waals surface area contributed by atoms with Gasteiger partial charge >= 0.3 is 0 Å². The molecule has 3 aromatic rings. The van der Waals surface area contributed by atoms with Gasteiger partial charge in [0, 0.05) is 23.7 Å². The number of aromatic nitrogens is 1. The third kappa shape index (κ3) is 3.98. The fourth-order valence-corrected chi connectivity index (χ4v) is 4.19. The first-order valence-corrected chi connectivity index (χ1v) is 9.91. The summed E-state index contributed by atoms with van der Waals surface area (Å²) in [5.41, 5.74) is 2.36. The second-order valence-corrected chi connectivity index (χ2v) is 8.39. The first-order valence-electron chi connectivity index (χ1n) is 8.09. The van der Waals surface area contributed by atoms with Gasteiger partial charge in [0.15, 0.2) is 0 Å². The zero-order valence-corrected chi connectivity index (χ0v) is 16.1. The number of halogens is 1. The molecule has 5 nitrogen and oxygen atoms in total. The van der Waals surface area contributed by atoms with Gasteiger partial charge < -0.3 is 4.52 Å². The maximum atomic E-state index is 13.2. The highest BCUT2D eigenvalue weighted by Crippen LogP contribution is 2.24. The van der Waals surface area contributed by atoms with E-state index in [0.29, 0.717) is 16.5 Å². The molecule has 3 rings (SSSR count). The van der Waals surface area contributed by atoms with Crippen LogP contribution in [0.1, 0.15) is 22.6 Å². The fourth-order valence-electron chi connectivity index (χ4n) is 2.67. The molecule has 0 fully saturated rings. The van der Waals surface area contributed by atoms with Crippen molar-refractivity contribution in [3.8, 4) is 0 Å². The van der Waals surface area contributed by atoms with Crippen LogP contribution in [-0.4, -0.2) is 17.9 Å². The maximum absolute atomic E-state index is 13.2. The van der Waals surface area contributed by atoms with Crippen LogP contribution in [0.15, 0.2) is 64.0 Å². The molecule has 0 N–H and O–H groups in total. The molecule has 0 bridgehead atoms. The highest BCUT2D eigenvalue weighted by molar-refractivity contribution is 7.89. The molecule has 0 saturated heterocycles. The van der Waals surface area contributed by atoms with Gasteiger partial charge in [0.25, 0.3) is 0 Å². The highest BCUT2D eigenvalue weighted by atomic mass is 35.5. The summed E-state index contributed by atoms with van der Waals surface area (Å²) in [5, 5.41) is 4.42. The Hall–Kier alpha value is -2.15. The molecule has 0 radical (unpaired) electrons. The SMILES string of the molecule is Cc1noc(C)c1CN(Cc1ccccc1)S(=O)(=O)c1ccc(Cl)cc1. The Labute approximate surface area is 158 Å². The average Bonchev–Trinajstić information content (AvgIpc) is 2.94. The Balaban J connectivity index is 2.00. The van der Waals surface area contributed by atoms with E-state index in [4.69, 9.17) is 16.1 Å². The van der Waals surface area contributed by atoms with Crippen LogP contribution >= 0.6 is 11.6 Å². The third-order valence-corrected chi connectivity index (χ3v) is 6.23. The summed E-state index contributed by atoms with van der Waals surface area (Å²) in [6.45, 7) is 4.02. The van der Waals surface area contributed by atoms with Gasteiger partial charge in [0.1, 0.15) is 5.76 Å². The Morgan fingerprint density at radius 3 is 2.23 bits per heavy atom. The summed E-state index contributed by atoms with van der Waals surface area (Å²) in [6, 6.07) is 15.7. The number of aryl methyl sites for hydroxylation is 2. The van der Waals surface area contributed by atoms with E-state index in [-0.39, 0.29) is 18.0 Å². The molecule has 0 amide bonds. The van der Waals surface area contributed by atoms with Crippen molar-refractivity contribution in [2.45, 2.75) is 31.8 Å². The van der Waals surface area contributed by atoms with Crippen molar-refractivity contribution in [3.63, 3.8) is 0 Å². The lowest BCUT2D eigenvalue weighted by Crippen LogP contribution is -2.30. The Kier molecular flexibility index (Phi) is 5.46. The summed E-state index contributed by atoms with van der Waals surface area (Å²) in [7, 11) is -3.72. The van der Waals surface area contributed by atoms with Crippen LogP contribution in [0.5, 0.6) is 0 Å². The Morgan fingerprint density at radius 2 is 1.65 bits per heavy atom. The van der Waals surface area contributed by atoms with Gasteiger partial charge in [-0.3, -0.25) is 0 Å². The Bertz CT molecular complexity index is 964. The van der Waals surface area contributed by atoms with E-state index in [1.54, 1.807) is 26.0 Å². The summed E-state index contributed by atoms with van der Waals surface area (Å²) < 4.78 is 33.1. The second-order valence-electron chi connectivity index (χ2n) is 6.02. The minimum absolute atomic E-state index is 0.182. The maximum Gasteiger partial charge on any atom is 0.243 e. The van der Waals surface area contributed by atoms with Crippen LogP contribution in [0.2, 0.25) is 5.02 Å². The summed E-state index contributed by atoms with van der Waals surface area (Å²) in [5.74, 6) is 0.617. The molecule has 0 atom stereocenters. The summed E-state index contributed by atoms with van der Waals surface area (Å²) in [4.78, 5) is 0.199. The van der Waals surface area contributed by atoms with Crippen LogP contribution in [-0.2, 0) is 23.1 Å². The smallest absolute Gasteiger partial charge is 0.243 e. The minimum Gasteiger partial charge on any atom is -0.361 e. The van der Waals surface area contributed by atoms with Gasteiger partial charge in [-0.25, -0.2) is 8.42 Å². The molecular weight excluding hydrogens is 372 g/mol. The van der Waals surface area contributed by atoms with Gasteiger partial charge in [0.2, 0.25) is 10.0 Å². The largest absolute Gasteiger partial charge is 0.361 e. The molecule has 1 aromatic heterocycles. The van der Waals surface area contributed by atoms with Crippen LogP contribution in [0.4, 0.5) is 0 Å². The minimum atomic E-state index is -3.72. The molecule has 0 spiro atoms. The lowest BCUT2D eigenvalue weighted by atomic mass is 10.2. The van der Waals surface area contributed by atoms with Crippen LogP contribution < -0.4 is 0 Å². The van der Waals surface area contributed by atoms with Crippen molar-refractivity contribution in [2.75, 3.05) is 0 Å². The zero-order valence-electron chi connectivity index (χ0n) is 14.5. The third-order valence-electron chi connectivity index (χ3n) is 4.17. The Morgan fingerprint density at radius 1 is 1.00 bits per heavy atom. The van der Waals surface area contributed by atoms with E-state index in [1.807, 2.05) is 30.3 Å². The van der Waals surface area contributed by atoms with Gasteiger partial charge in [-0.1, -0.05) is 47.1 Å². The monoisotopic (exact) mass is 390 g/mol. The standard InChI is InChI=1S/C19H19ClN2O3S/c1-14-19(15(2)25-21-14)13-22(12-16-6-4-3-5-7-16)26(23,24)18-10-8-17(20)9-11-18/h3-11H,12-13H2,1-2H3. The highest BCUT2D eigenvalue weighted by Gasteiger charge is 2.27. The molecule has 0 aliphatic heterocycles. The normalized spacial score (nSPS) is 11.8. The second kappa shape index (κ2) is 7.61. The van der Waals surface area contributed by atoms with Gasteiger partial charge in [-0.05, 0) is 43.7 Å². The van der Waals surface area contributed by atoms with Crippen molar-refractivity contribution in [1.82, 2.24) is 9.46 Å². The van der Waals surface area contributed by atoms with E-state index in [2.05, 4.69) is 5.16 Å².